The summed E-state index contributed by atoms with van der Waals surface area (Å²) in [5.74, 6) is -0.000802. The predicted octanol–water partition coefficient (Wildman–Crippen LogP) is 3.03. The minimum absolute atomic E-state index is 0.112. The van der Waals surface area contributed by atoms with E-state index in [1.165, 1.54) is 4.90 Å². The third-order valence-corrected chi connectivity index (χ3v) is 4.87. The van der Waals surface area contributed by atoms with Crippen molar-refractivity contribution in [3.63, 3.8) is 0 Å². The number of H-pyrrole nitrogens is 1. The van der Waals surface area contributed by atoms with Crippen molar-refractivity contribution in [2.75, 3.05) is 18.0 Å². The molecule has 1 aliphatic rings. The monoisotopic (exact) mass is 443 g/mol. The molecule has 1 amide bonds. The summed E-state index contributed by atoms with van der Waals surface area (Å²) in [6.07, 6.45) is 0.406. The van der Waals surface area contributed by atoms with Crippen molar-refractivity contribution in [1.82, 2.24) is 25.5 Å². The Labute approximate surface area is 184 Å². The van der Waals surface area contributed by atoms with Gasteiger partial charge in [-0.05, 0) is 19.1 Å². The number of carbonyl (C=O) groups excluding carboxylic acids is 1. The van der Waals surface area contributed by atoms with Crippen molar-refractivity contribution in [2.24, 2.45) is 0 Å². The van der Waals surface area contributed by atoms with E-state index in [-0.39, 0.29) is 24.0 Å². The van der Waals surface area contributed by atoms with Crippen LogP contribution in [0.5, 0.6) is 0 Å². The van der Waals surface area contributed by atoms with E-state index < -0.39 is 12.7 Å². The molecule has 11 heteroatoms. The molecule has 167 valence electrons. The number of hydrogen-bond acceptors (Lipinski definition) is 5. The fourth-order valence-electron chi connectivity index (χ4n) is 3.43. The zero-order valence-electron chi connectivity index (χ0n) is 17.8. The van der Waals surface area contributed by atoms with E-state index >= 15 is 0 Å². The molecule has 0 bridgehead atoms. The second-order valence-corrected chi connectivity index (χ2v) is 7.43. The summed E-state index contributed by atoms with van der Waals surface area (Å²) in [4.78, 5) is 22.2. The number of aryl methyl sites for hydroxylation is 1. The summed E-state index contributed by atoms with van der Waals surface area (Å²) in [5, 5.41) is 8.78. The van der Waals surface area contributed by atoms with Crippen molar-refractivity contribution in [1.29, 1.82) is 0 Å². The molecule has 0 fully saturated rings. The second kappa shape index (κ2) is 9.93. The molecular weight excluding hydrogens is 420 g/mol. The van der Waals surface area contributed by atoms with Crippen molar-refractivity contribution in [2.45, 2.75) is 38.8 Å². The molecule has 0 saturated heterocycles. The molecule has 1 radical (unpaired) electrons. The van der Waals surface area contributed by atoms with Gasteiger partial charge in [-0.2, -0.15) is 5.10 Å². The number of rotatable bonds is 6. The molecule has 1 aliphatic heterocycles. The molecule has 4 rings (SSSR count). The number of nitrogens with zero attached hydrogens (tertiary/aromatic N) is 4. The number of halogens is 3. The van der Waals surface area contributed by atoms with Gasteiger partial charge < -0.3 is 0 Å². The Hall–Kier alpha value is -3.24. The van der Waals surface area contributed by atoms with Gasteiger partial charge >= 0.3 is 127 Å². The first kappa shape index (κ1) is 23.4. The number of anilines is 1. The molecule has 0 spiro atoms. The number of pyridine rings is 2. The summed E-state index contributed by atoms with van der Waals surface area (Å²) in [5.41, 5.74) is 3.64. The first-order chi connectivity index (χ1) is 15.2. The molecule has 32 heavy (non-hydrogen) atoms. The average Bonchev–Trinajstić information content (AvgIpc) is 3.31. The summed E-state index contributed by atoms with van der Waals surface area (Å²) >= 11 is 0. The van der Waals surface area contributed by atoms with E-state index in [1.807, 2.05) is 32.0 Å². The van der Waals surface area contributed by atoms with Gasteiger partial charge in [0.25, 0.3) is 0 Å². The number of aromatic amines is 1. The standard InChI is InChI=1S/C14H16BF3N3O.C7H7N3/c1-2-4-10-9-5-3-6-19-12(9)21(13(10)22)7-11(15)20-8-14(16,17)18;1-5-2-3-6-7(9-5)4-8-10-6/h3,5-6,10,20H,2,4,7-8H2,1H3;2-4H,1H3,(H,8,10). The van der Waals surface area contributed by atoms with E-state index in [1.54, 1.807) is 18.5 Å². The van der Waals surface area contributed by atoms with Gasteiger partial charge in [0.05, 0.1) is 11.7 Å². The van der Waals surface area contributed by atoms with Gasteiger partial charge in [0.1, 0.15) is 5.52 Å². The third kappa shape index (κ3) is 5.71. The topological polar surface area (TPSA) is 86.8 Å². The molecule has 0 aliphatic carbocycles. The van der Waals surface area contributed by atoms with Crippen molar-refractivity contribution >= 4 is 35.8 Å². The van der Waals surface area contributed by atoms with Gasteiger partial charge in [-0.25, -0.2) is 4.98 Å². The Balaban J connectivity index is 0.000000238. The van der Waals surface area contributed by atoms with Crippen molar-refractivity contribution in [3.05, 3.63) is 47.9 Å². The van der Waals surface area contributed by atoms with Crippen LogP contribution in [0.25, 0.3) is 11.0 Å². The maximum absolute atomic E-state index is 12.5. The normalized spacial score (nSPS) is 15.3. The molecule has 3 aromatic heterocycles. The van der Waals surface area contributed by atoms with E-state index in [0.717, 1.165) is 28.7 Å². The maximum atomic E-state index is 12.5. The van der Waals surface area contributed by atoms with Crippen LogP contribution in [-0.4, -0.2) is 58.4 Å². The number of carbonyl (C=O) groups is 1. The van der Waals surface area contributed by atoms with Gasteiger partial charge in [0, 0.05) is 5.69 Å². The molecule has 4 heterocycles. The zero-order valence-corrected chi connectivity index (χ0v) is 17.8. The van der Waals surface area contributed by atoms with Crippen LogP contribution < -0.4 is 10.2 Å². The van der Waals surface area contributed by atoms with E-state index in [4.69, 9.17) is 7.49 Å². The van der Waals surface area contributed by atoms with E-state index in [9.17, 15) is 18.0 Å². The van der Waals surface area contributed by atoms with Crippen LogP contribution in [-0.2, 0) is 4.79 Å². The molecular formula is C21H23BF3N6O. The van der Waals surface area contributed by atoms with Crippen LogP contribution in [0.3, 0.4) is 0 Å². The van der Waals surface area contributed by atoms with Crippen LogP contribution >= 0.6 is 0 Å². The molecule has 1 atom stereocenters. The fourth-order valence-corrected chi connectivity index (χ4v) is 3.43. The number of amides is 1. The third-order valence-electron chi connectivity index (χ3n) is 4.87. The number of alkyl halides is 3. The van der Waals surface area contributed by atoms with Gasteiger partial charge in [0.15, 0.2) is 0 Å². The fraction of sp³-hybridized carbons (Fsp3) is 0.381. The molecule has 0 saturated carbocycles. The number of fused-ring (bicyclic) bond motifs is 2. The first-order valence-electron chi connectivity index (χ1n) is 10.1. The quantitative estimate of drug-likeness (QED) is 0.572. The van der Waals surface area contributed by atoms with E-state index in [2.05, 4.69) is 25.5 Å². The predicted molar refractivity (Wildman–Crippen MR) is 118 cm³/mol. The Morgan fingerprint density at radius 1 is 1.31 bits per heavy atom. The summed E-state index contributed by atoms with van der Waals surface area (Å²) in [7, 11) is 5.58. The van der Waals surface area contributed by atoms with Crippen LogP contribution in [0.1, 0.15) is 36.9 Å². The van der Waals surface area contributed by atoms with Crippen molar-refractivity contribution < 1.29 is 18.0 Å². The Kier molecular flexibility index (Phi) is 7.27. The van der Waals surface area contributed by atoms with Gasteiger partial charge in [0.2, 0.25) is 0 Å². The van der Waals surface area contributed by atoms with Gasteiger partial charge in [-0.1, -0.05) is 0 Å². The number of nitrogens with one attached hydrogen (secondary N) is 2. The first-order valence-corrected chi connectivity index (χ1v) is 10.1. The Bertz CT molecular complexity index is 1100. The van der Waals surface area contributed by atoms with Crippen LogP contribution in [0.15, 0.2) is 36.7 Å². The zero-order chi connectivity index (χ0) is 23.3. The summed E-state index contributed by atoms with van der Waals surface area (Å²) in [6.45, 7) is 2.58. The molecule has 0 aromatic carbocycles. The van der Waals surface area contributed by atoms with Crippen molar-refractivity contribution in [3.8, 4) is 0 Å². The Morgan fingerprint density at radius 3 is 2.81 bits per heavy atom. The molecule has 3 aromatic rings. The summed E-state index contributed by atoms with van der Waals surface area (Å²) < 4.78 is 36.6. The molecule has 7 nitrogen and oxygen atoms in total. The summed E-state index contributed by atoms with van der Waals surface area (Å²) in [6, 6.07) is 7.50. The van der Waals surface area contributed by atoms with Crippen LogP contribution in [0.4, 0.5) is 19.0 Å². The molecule has 2 N–H and O–H groups in total. The Morgan fingerprint density at radius 2 is 2.09 bits per heavy atom. The number of hydrogen-bond donors (Lipinski definition) is 2. The SMILES string of the molecule is Cc1ccc2[nH]ncc2n1.[B]=C(CN1C(=O)C(CCC)c2cccnc21)NCC(F)(F)F. The van der Waals surface area contributed by atoms with Crippen LogP contribution in [0, 0.1) is 6.92 Å². The van der Waals surface area contributed by atoms with Crippen LogP contribution in [0.2, 0.25) is 0 Å². The number of aromatic nitrogens is 4. The minimum atomic E-state index is -4.36. The average molecular weight is 443 g/mol. The van der Waals surface area contributed by atoms with Gasteiger partial charge in [-0.15, -0.1) is 0 Å². The van der Waals surface area contributed by atoms with Gasteiger partial charge in [-0.3, -0.25) is 5.10 Å². The second-order valence-electron chi connectivity index (χ2n) is 7.43. The van der Waals surface area contributed by atoms with E-state index in [0.29, 0.717) is 12.2 Å². The molecule has 1 unspecified atom stereocenters.